The van der Waals surface area contributed by atoms with Gasteiger partial charge in [-0.15, -0.1) is 17.2 Å². The Morgan fingerprint density at radius 2 is 1.33 bits per heavy atom. The molecule has 1 aromatic rings. The van der Waals surface area contributed by atoms with Crippen molar-refractivity contribution in [2.45, 2.75) is 33.1 Å². The van der Waals surface area contributed by atoms with E-state index < -0.39 is 0 Å². The first-order chi connectivity index (χ1) is 7.26. The molecule has 0 aliphatic rings. The van der Waals surface area contributed by atoms with Gasteiger partial charge in [0.1, 0.15) is 0 Å². The Morgan fingerprint density at radius 3 is 1.73 bits per heavy atom. The van der Waals surface area contributed by atoms with E-state index in [2.05, 4.69) is 39.0 Å². The molecule has 84 valence electrons. The zero-order valence-electron chi connectivity index (χ0n) is 10.1. The second-order valence-corrected chi connectivity index (χ2v) is 7.01. The van der Waals surface area contributed by atoms with E-state index in [1.807, 2.05) is 0 Å². The summed E-state index contributed by atoms with van der Waals surface area (Å²) in [5.74, 6) is 0. The van der Waals surface area contributed by atoms with Gasteiger partial charge in [-0.25, -0.2) is 0 Å². The molecule has 0 aliphatic carbocycles. The molecule has 15 heavy (non-hydrogen) atoms. The molecule has 0 spiro atoms. The average Bonchev–Trinajstić information content (AvgIpc) is 2.23. The smallest absolute Gasteiger partial charge is 0.0100 e. The van der Waals surface area contributed by atoms with Crippen molar-refractivity contribution in [2.75, 3.05) is 12.3 Å². The summed E-state index contributed by atoms with van der Waals surface area (Å²) in [4.78, 5) is 0. The molecule has 2 atom stereocenters. The molecule has 2 unspecified atom stereocenters. The largest absolute Gasteiger partial charge is 0.118 e. The predicted octanol–water partition coefficient (Wildman–Crippen LogP) is 4.39. The van der Waals surface area contributed by atoms with Gasteiger partial charge in [0.15, 0.2) is 0 Å². The summed E-state index contributed by atoms with van der Waals surface area (Å²) in [6.45, 7) is 6.76. The second kappa shape index (κ2) is 7.37. The molecular formula is C13H22P2. The van der Waals surface area contributed by atoms with E-state index in [0.717, 1.165) is 17.2 Å². The topological polar surface area (TPSA) is 0 Å². The van der Waals surface area contributed by atoms with Crippen LogP contribution in [0.3, 0.4) is 0 Å². The van der Waals surface area contributed by atoms with Crippen LogP contribution in [0.15, 0.2) is 18.2 Å². The summed E-state index contributed by atoms with van der Waals surface area (Å²) < 4.78 is 0. The average molecular weight is 240 g/mol. The molecule has 0 nitrogen and oxygen atoms in total. The van der Waals surface area contributed by atoms with E-state index >= 15 is 0 Å². The van der Waals surface area contributed by atoms with E-state index in [-0.39, 0.29) is 0 Å². The fourth-order valence-electron chi connectivity index (χ4n) is 1.69. The normalized spacial score (nSPS) is 12.2. The number of rotatable bonds is 6. The maximum atomic E-state index is 2.42. The maximum Gasteiger partial charge on any atom is -0.0100 e. The summed E-state index contributed by atoms with van der Waals surface area (Å²) in [5.41, 5.74) is 4.53. The molecule has 0 saturated carbocycles. The highest BCUT2D eigenvalue weighted by Gasteiger charge is 1.98. The lowest BCUT2D eigenvalue weighted by Crippen LogP contribution is -1.87. The molecule has 1 rings (SSSR count). The van der Waals surface area contributed by atoms with Gasteiger partial charge in [0.05, 0.1) is 0 Å². The lowest BCUT2D eigenvalue weighted by molar-refractivity contribution is 1.27. The molecular weight excluding hydrogens is 218 g/mol. The van der Waals surface area contributed by atoms with Crippen LogP contribution in [-0.2, 0) is 12.3 Å². The minimum absolute atomic E-state index is 1.09. The minimum atomic E-state index is 1.09. The Kier molecular flexibility index (Phi) is 6.46. The van der Waals surface area contributed by atoms with Crippen molar-refractivity contribution in [2.24, 2.45) is 0 Å². The van der Waals surface area contributed by atoms with E-state index in [1.54, 1.807) is 11.1 Å². The Balaban J connectivity index is 2.66. The van der Waals surface area contributed by atoms with Crippen molar-refractivity contribution < 1.29 is 0 Å². The Morgan fingerprint density at radius 1 is 0.867 bits per heavy atom. The van der Waals surface area contributed by atoms with Crippen LogP contribution >= 0.6 is 17.2 Å². The molecule has 0 bridgehead atoms. The third-order valence-electron chi connectivity index (χ3n) is 2.36. The van der Waals surface area contributed by atoms with Gasteiger partial charge in [-0.3, -0.25) is 0 Å². The summed E-state index contributed by atoms with van der Waals surface area (Å²) in [6, 6.07) is 7.11. The van der Waals surface area contributed by atoms with Crippen molar-refractivity contribution in [3.63, 3.8) is 0 Å². The minimum Gasteiger partial charge on any atom is -0.118 e. The monoisotopic (exact) mass is 240 g/mol. The quantitative estimate of drug-likeness (QED) is 0.647. The van der Waals surface area contributed by atoms with Crippen molar-refractivity contribution in [3.8, 4) is 0 Å². The lowest BCUT2D eigenvalue weighted by atomic mass is 10.1. The summed E-state index contributed by atoms with van der Waals surface area (Å²) >= 11 is 0. The lowest BCUT2D eigenvalue weighted by Gasteiger charge is -2.07. The number of hydrogen-bond donors (Lipinski definition) is 0. The first-order valence-electron chi connectivity index (χ1n) is 5.77. The Bertz CT molecular complexity index is 268. The fraction of sp³-hybridized carbons (Fsp3) is 0.538. The molecule has 0 amide bonds. The van der Waals surface area contributed by atoms with Crippen LogP contribution in [0, 0.1) is 6.92 Å². The van der Waals surface area contributed by atoms with E-state index in [9.17, 15) is 0 Å². The first-order valence-corrected chi connectivity index (χ1v) is 8.60. The van der Waals surface area contributed by atoms with Crippen LogP contribution in [0.5, 0.6) is 0 Å². The molecule has 0 aliphatic heterocycles. The van der Waals surface area contributed by atoms with Crippen molar-refractivity contribution in [1.82, 2.24) is 0 Å². The van der Waals surface area contributed by atoms with E-state index in [1.165, 1.54) is 30.2 Å². The maximum absolute atomic E-state index is 2.42. The number of aryl methyl sites for hydroxylation is 1. The van der Waals surface area contributed by atoms with E-state index in [4.69, 9.17) is 0 Å². The molecule has 0 radical (unpaired) electrons. The van der Waals surface area contributed by atoms with Gasteiger partial charge in [0, 0.05) is 0 Å². The van der Waals surface area contributed by atoms with Gasteiger partial charge in [-0.2, -0.15) is 0 Å². The molecule has 1 aromatic carbocycles. The summed E-state index contributed by atoms with van der Waals surface area (Å²) in [7, 11) is 2.18. The Hall–Kier alpha value is 0.0800. The van der Waals surface area contributed by atoms with Gasteiger partial charge < -0.3 is 0 Å². The van der Waals surface area contributed by atoms with Gasteiger partial charge in [-0.05, 0) is 42.7 Å². The van der Waals surface area contributed by atoms with Crippen LogP contribution in [-0.4, -0.2) is 12.3 Å². The number of benzene rings is 1. The molecule has 0 aromatic heterocycles. The van der Waals surface area contributed by atoms with Crippen LogP contribution < -0.4 is 0 Å². The second-order valence-electron chi connectivity index (χ2n) is 3.89. The number of hydrogen-bond acceptors (Lipinski definition) is 0. The third kappa shape index (κ3) is 5.10. The van der Waals surface area contributed by atoms with Crippen molar-refractivity contribution in [3.05, 3.63) is 34.9 Å². The zero-order valence-corrected chi connectivity index (χ0v) is 12.1. The molecule has 0 N–H and O–H groups in total. The molecule has 0 saturated heterocycles. The highest BCUT2D eigenvalue weighted by atomic mass is 31.1. The SMILES string of the molecule is CCPCc1cc(C)cc(CPCC)c1. The summed E-state index contributed by atoms with van der Waals surface area (Å²) in [6.07, 6.45) is 5.20. The summed E-state index contributed by atoms with van der Waals surface area (Å²) in [5, 5.41) is 0. The Labute approximate surface area is 97.8 Å². The molecule has 2 heteroatoms. The van der Waals surface area contributed by atoms with Crippen LogP contribution in [0.25, 0.3) is 0 Å². The van der Waals surface area contributed by atoms with Gasteiger partial charge >= 0.3 is 0 Å². The van der Waals surface area contributed by atoms with Crippen molar-refractivity contribution >= 4 is 17.2 Å². The zero-order chi connectivity index (χ0) is 11.1. The molecule has 0 fully saturated rings. The first kappa shape index (κ1) is 13.1. The van der Waals surface area contributed by atoms with Gasteiger partial charge in [0.25, 0.3) is 0 Å². The van der Waals surface area contributed by atoms with E-state index in [0.29, 0.717) is 0 Å². The van der Waals surface area contributed by atoms with Crippen LogP contribution in [0.1, 0.15) is 30.5 Å². The van der Waals surface area contributed by atoms with Crippen molar-refractivity contribution in [1.29, 1.82) is 0 Å². The highest BCUT2D eigenvalue weighted by Crippen LogP contribution is 2.23. The van der Waals surface area contributed by atoms with Crippen LogP contribution in [0.2, 0.25) is 0 Å². The highest BCUT2D eigenvalue weighted by molar-refractivity contribution is 7.37. The predicted molar refractivity (Wildman–Crippen MR) is 76.3 cm³/mol. The van der Waals surface area contributed by atoms with Crippen LogP contribution in [0.4, 0.5) is 0 Å². The fourth-order valence-corrected chi connectivity index (χ4v) is 3.18. The standard InChI is InChI=1S/C13H22P2/c1-4-14-9-12-6-11(3)7-13(8-12)10-15-5-2/h6-8,14-15H,4-5,9-10H2,1-3H3. The molecule has 0 heterocycles. The third-order valence-corrected chi connectivity index (χ3v) is 4.67. The van der Waals surface area contributed by atoms with Gasteiger partial charge in [0.2, 0.25) is 0 Å². The van der Waals surface area contributed by atoms with Gasteiger partial charge in [-0.1, -0.05) is 37.6 Å².